The van der Waals surface area contributed by atoms with Crippen molar-refractivity contribution in [2.75, 3.05) is 32.3 Å². The maximum Gasteiger partial charge on any atom is 0.255 e. The van der Waals surface area contributed by atoms with Crippen LogP contribution in [0.1, 0.15) is 27.9 Å². The Kier molecular flexibility index (Phi) is 5.62. The number of carbonyl (C=O) groups excluding carboxylic acids is 1. The number of benzene rings is 1. The summed E-state index contributed by atoms with van der Waals surface area (Å²) < 4.78 is 16.6. The van der Waals surface area contributed by atoms with E-state index in [0.717, 1.165) is 35.7 Å². The first-order valence-corrected chi connectivity index (χ1v) is 10.6. The van der Waals surface area contributed by atoms with E-state index in [0.29, 0.717) is 30.3 Å². The van der Waals surface area contributed by atoms with Crippen LogP contribution >= 0.6 is 11.8 Å². The highest BCUT2D eigenvalue weighted by Crippen LogP contribution is 2.33. The second kappa shape index (κ2) is 8.31. The van der Waals surface area contributed by atoms with Crippen molar-refractivity contribution in [1.82, 2.24) is 9.88 Å². The summed E-state index contributed by atoms with van der Waals surface area (Å²) in [6, 6.07) is 7.56. The first-order valence-electron chi connectivity index (χ1n) is 9.41. The van der Waals surface area contributed by atoms with Crippen molar-refractivity contribution in [2.45, 2.75) is 25.5 Å². The van der Waals surface area contributed by atoms with Crippen molar-refractivity contribution in [1.29, 1.82) is 0 Å². The van der Waals surface area contributed by atoms with E-state index in [4.69, 9.17) is 14.2 Å². The number of carbonyl (C=O) groups is 1. The van der Waals surface area contributed by atoms with Gasteiger partial charge in [-0.05, 0) is 47.9 Å². The van der Waals surface area contributed by atoms with Crippen LogP contribution in [0.2, 0.25) is 0 Å². The van der Waals surface area contributed by atoms with Gasteiger partial charge in [0, 0.05) is 31.1 Å². The molecule has 0 spiro atoms. The largest absolute Gasteiger partial charge is 0.493 e. The Morgan fingerprint density at radius 3 is 2.61 bits per heavy atom. The van der Waals surface area contributed by atoms with Crippen LogP contribution in [0.3, 0.4) is 0 Å². The molecule has 1 saturated heterocycles. The van der Waals surface area contributed by atoms with Crippen LogP contribution in [0, 0.1) is 0 Å². The molecule has 6 nitrogen and oxygen atoms in total. The van der Waals surface area contributed by atoms with Gasteiger partial charge in [-0.15, -0.1) is 0 Å². The summed E-state index contributed by atoms with van der Waals surface area (Å²) in [4.78, 5) is 19.1. The molecule has 1 aromatic carbocycles. The Morgan fingerprint density at radius 1 is 1.18 bits per heavy atom. The van der Waals surface area contributed by atoms with Gasteiger partial charge in [-0.3, -0.25) is 4.79 Å². The molecule has 1 aromatic heterocycles. The Balaban J connectivity index is 1.45. The highest BCUT2D eigenvalue weighted by atomic mass is 32.2. The maximum atomic E-state index is 12.9. The third-order valence-corrected chi connectivity index (χ3v) is 6.30. The molecular formula is C21H24N2O4S. The standard InChI is InChI=1S/C21H24N2O4S/c1-25-18-9-14-5-7-23(12-16(14)10-19(18)26-2)21(24)15-3-4-20(22-11-15)27-17-6-8-28-13-17/h3-4,9-11,17H,5-8,12-13H2,1-2H3. The molecule has 1 atom stereocenters. The zero-order valence-electron chi connectivity index (χ0n) is 16.1. The summed E-state index contributed by atoms with van der Waals surface area (Å²) in [7, 11) is 3.25. The fourth-order valence-corrected chi connectivity index (χ4v) is 4.69. The Labute approximate surface area is 169 Å². The van der Waals surface area contributed by atoms with Gasteiger partial charge in [0.2, 0.25) is 5.88 Å². The molecule has 2 aromatic rings. The number of rotatable bonds is 5. The second-order valence-corrected chi connectivity index (χ2v) is 8.09. The quantitative estimate of drug-likeness (QED) is 0.768. The van der Waals surface area contributed by atoms with Gasteiger partial charge in [0.25, 0.3) is 5.91 Å². The highest BCUT2D eigenvalue weighted by Gasteiger charge is 2.24. The predicted molar refractivity (Wildman–Crippen MR) is 109 cm³/mol. The van der Waals surface area contributed by atoms with Crippen molar-refractivity contribution in [3.8, 4) is 17.4 Å². The average molecular weight is 401 g/mol. The molecule has 2 aliphatic rings. The fourth-order valence-electron chi connectivity index (χ4n) is 3.59. The topological polar surface area (TPSA) is 60.9 Å². The van der Waals surface area contributed by atoms with Crippen LogP contribution in [0.15, 0.2) is 30.5 Å². The molecule has 7 heteroatoms. The van der Waals surface area contributed by atoms with Gasteiger partial charge >= 0.3 is 0 Å². The van der Waals surface area contributed by atoms with Crippen LogP contribution < -0.4 is 14.2 Å². The van der Waals surface area contributed by atoms with Gasteiger partial charge in [-0.2, -0.15) is 11.8 Å². The molecule has 1 unspecified atom stereocenters. The minimum atomic E-state index is -0.0177. The molecule has 3 heterocycles. The molecule has 0 radical (unpaired) electrons. The van der Waals surface area contributed by atoms with Crippen molar-refractivity contribution in [2.24, 2.45) is 0 Å². The molecule has 4 rings (SSSR count). The van der Waals surface area contributed by atoms with E-state index >= 15 is 0 Å². The first-order chi connectivity index (χ1) is 13.7. The highest BCUT2D eigenvalue weighted by molar-refractivity contribution is 7.99. The van der Waals surface area contributed by atoms with Crippen molar-refractivity contribution in [3.63, 3.8) is 0 Å². The number of ether oxygens (including phenoxy) is 3. The Morgan fingerprint density at radius 2 is 1.96 bits per heavy atom. The summed E-state index contributed by atoms with van der Waals surface area (Å²) in [5.74, 6) is 4.11. The lowest BCUT2D eigenvalue weighted by Gasteiger charge is -2.29. The van der Waals surface area contributed by atoms with Crippen LogP contribution in [0.5, 0.6) is 17.4 Å². The summed E-state index contributed by atoms with van der Waals surface area (Å²) in [6.45, 7) is 1.21. The molecule has 2 aliphatic heterocycles. The number of fused-ring (bicyclic) bond motifs is 1. The van der Waals surface area contributed by atoms with Crippen LogP contribution in [0.25, 0.3) is 0 Å². The van der Waals surface area contributed by atoms with Gasteiger partial charge in [0.05, 0.1) is 19.8 Å². The third-order valence-electron chi connectivity index (χ3n) is 5.16. The van der Waals surface area contributed by atoms with E-state index in [-0.39, 0.29) is 12.0 Å². The van der Waals surface area contributed by atoms with Crippen LogP contribution in [-0.4, -0.2) is 54.2 Å². The van der Waals surface area contributed by atoms with Gasteiger partial charge in [0.15, 0.2) is 11.5 Å². The van der Waals surface area contributed by atoms with E-state index < -0.39 is 0 Å². The number of hydrogen-bond acceptors (Lipinski definition) is 6. The minimum Gasteiger partial charge on any atom is -0.493 e. The summed E-state index contributed by atoms with van der Waals surface area (Å²) in [6.07, 6.45) is 3.68. The maximum absolute atomic E-state index is 12.9. The van der Waals surface area contributed by atoms with Crippen molar-refractivity contribution >= 4 is 17.7 Å². The van der Waals surface area contributed by atoms with Crippen LogP contribution in [-0.2, 0) is 13.0 Å². The van der Waals surface area contributed by atoms with E-state index in [9.17, 15) is 4.79 Å². The Hall–Kier alpha value is -2.41. The molecule has 0 aliphatic carbocycles. The number of methoxy groups -OCH3 is 2. The summed E-state index contributed by atoms with van der Waals surface area (Å²) in [5, 5.41) is 0. The molecule has 1 fully saturated rings. The number of thioether (sulfide) groups is 1. The van der Waals surface area contributed by atoms with Gasteiger partial charge in [-0.1, -0.05) is 0 Å². The number of amides is 1. The number of hydrogen-bond donors (Lipinski definition) is 0. The Bertz CT molecular complexity index is 850. The number of nitrogens with zero attached hydrogens (tertiary/aromatic N) is 2. The molecule has 1 amide bonds. The SMILES string of the molecule is COc1cc2c(cc1OC)CN(C(=O)c1ccc(OC3CCSC3)nc1)CC2. The van der Waals surface area contributed by atoms with E-state index in [1.807, 2.05) is 28.8 Å². The van der Waals surface area contributed by atoms with Crippen LogP contribution in [0.4, 0.5) is 0 Å². The molecule has 0 bridgehead atoms. The molecule has 0 N–H and O–H groups in total. The lowest BCUT2D eigenvalue weighted by atomic mass is 9.98. The predicted octanol–water partition coefficient (Wildman–Crippen LogP) is 3.18. The monoisotopic (exact) mass is 400 g/mol. The second-order valence-electron chi connectivity index (χ2n) is 6.94. The molecule has 28 heavy (non-hydrogen) atoms. The third kappa shape index (κ3) is 3.90. The van der Waals surface area contributed by atoms with Gasteiger partial charge in [0.1, 0.15) is 6.10 Å². The smallest absolute Gasteiger partial charge is 0.255 e. The number of pyridine rings is 1. The molecule has 148 valence electrons. The minimum absolute atomic E-state index is 0.0177. The van der Waals surface area contributed by atoms with Crippen molar-refractivity contribution in [3.05, 3.63) is 47.2 Å². The molecule has 0 saturated carbocycles. The lowest BCUT2D eigenvalue weighted by Crippen LogP contribution is -2.36. The summed E-state index contributed by atoms with van der Waals surface area (Å²) >= 11 is 1.90. The fraction of sp³-hybridized carbons (Fsp3) is 0.429. The van der Waals surface area contributed by atoms with E-state index in [1.54, 1.807) is 32.5 Å². The molecular weight excluding hydrogens is 376 g/mol. The lowest BCUT2D eigenvalue weighted by molar-refractivity contribution is 0.0734. The van der Waals surface area contributed by atoms with Gasteiger partial charge in [-0.25, -0.2) is 4.98 Å². The first kappa shape index (κ1) is 18.9. The average Bonchev–Trinajstić information content (AvgIpc) is 3.25. The van der Waals surface area contributed by atoms with Gasteiger partial charge < -0.3 is 19.1 Å². The van der Waals surface area contributed by atoms with E-state index in [2.05, 4.69) is 4.98 Å². The zero-order valence-corrected chi connectivity index (χ0v) is 17.0. The normalized spacial score (nSPS) is 18.5. The number of aromatic nitrogens is 1. The van der Waals surface area contributed by atoms with E-state index in [1.165, 1.54) is 5.56 Å². The summed E-state index contributed by atoms with van der Waals surface area (Å²) in [5.41, 5.74) is 2.86. The van der Waals surface area contributed by atoms with Crippen molar-refractivity contribution < 1.29 is 19.0 Å². The zero-order chi connectivity index (χ0) is 19.5.